The quantitative estimate of drug-likeness (QED) is 0.826. The Morgan fingerprint density at radius 3 is 2.59 bits per heavy atom. The highest BCUT2D eigenvalue weighted by atomic mass is 16.5. The maximum absolute atomic E-state index is 12.6. The molecular formula is C21H22N2O4. The first-order valence-electron chi connectivity index (χ1n) is 8.90. The largest absolute Gasteiger partial charge is 0.465 e. The highest BCUT2D eigenvalue weighted by Crippen LogP contribution is 2.27. The van der Waals surface area contributed by atoms with Crippen molar-refractivity contribution >= 4 is 29.2 Å². The molecule has 0 unspecified atom stereocenters. The van der Waals surface area contributed by atoms with Gasteiger partial charge in [0.05, 0.1) is 18.6 Å². The predicted molar refractivity (Wildman–Crippen MR) is 103 cm³/mol. The molecule has 1 fully saturated rings. The Morgan fingerprint density at radius 2 is 1.93 bits per heavy atom. The molecule has 1 heterocycles. The lowest BCUT2D eigenvalue weighted by Crippen LogP contribution is -2.28. The molecule has 0 aromatic heterocycles. The van der Waals surface area contributed by atoms with Crippen molar-refractivity contribution in [3.63, 3.8) is 0 Å². The van der Waals surface area contributed by atoms with Crippen molar-refractivity contribution in [1.29, 1.82) is 0 Å². The molecular weight excluding hydrogens is 344 g/mol. The maximum atomic E-state index is 12.6. The molecule has 0 spiro atoms. The van der Waals surface area contributed by atoms with E-state index in [2.05, 4.69) is 17.0 Å². The second-order valence-electron chi connectivity index (χ2n) is 6.49. The Bertz CT molecular complexity index is 861. The highest BCUT2D eigenvalue weighted by molar-refractivity contribution is 6.03. The average molecular weight is 366 g/mol. The molecule has 1 aliphatic heterocycles. The van der Waals surface area contributed by atoms with E-state index in [0.717, 1.165) is 17.7 Å². The van der Waals surface area contributed by atoms with Crippen LogP contribution in [0, 0.1) is 5.92 Å². The van der Waals surface area contributed by atoms with Crippen LogP contribution < -0.4 is 10.2 Å². The minimum Gasteiger partial charge on any atom is -0.465 e. The zero-order valence-electron chi connectivity index (χ0n) is 15.4. The fraction of sp³-hybridized carbons (Fsp3) is 0.286. The van der Waals surface area contributed by atoms with Crippen LogP contribution >= 0.6 is 0 Å². The molecule has 0 saturated carbocycles. The number of carbonyl (C=O) groups excluding carboxylic acids is 3. The molecule has 27 heavy (non-hydrogen) atoms. The van der Waals surface area contributed by atoms with Crippen LogP contribution in [-0.4, -0.2) is 31.4 Å². The predicted octanol–water partition coefficient (Wildman–Crippen LogP) is 3.03. The molecule has 2 aromatic carbocycles. The summed E-state index contributed by atoms with van der Waals surface area (Å²) in [6.07, 6.45) is 1.07. The number of ether oxygens (including phenoxy) is 1. The number of nitrogens with zero attached hydrogens (tertiary/aromatic N) is 1. The SMILES string of the molecule is CCc1cccc(N2C[C@H](C(=O)Nc3ccc(C(=O)OC)cc3)CC2=O)c1. The van der Waals surface area contributed by atoms with Gasteiger partial charge < -0.3 is 15.0 Å². The number of esters is 1. The Balaban J connectivity index is 1.66. The Hall–Kier alpha value is -3.15. The summed E-state index contributed by atoms with van der Waals surface area (Å²) in [5, 5.41) is 2.81. The summed E-state index contributed by atoms with van der Waals surface area (Å²) < 4.78 is 4.65. The molecule has 0 aliphatic carbocycles. The van der Waals surface area contributed by atoms with Gasteiger partial charge in [0.2, 0.25) is 11.8 Å². The first-order chi connectivity index (χ1) is 13.0. The zero-order chi connectivity index (χ0) is 19.4. The third-order valence-corrected chi connectivity index (χ3v) is 4.70. The van der Waals surface area contributed by atoms with Gasteiger partial charge in [-0.3, -0.25) is 9.59 Å². The molecule has 1 aliphatic rings. The number of methoxy groups -OCH3 is 1. The summed E-state index contributed by atoms with van der Waals surface area (Å²) in [7, 11) is 1.32. The Labute approximate surface area is 158 Å². The third-order valence-electron chi connectivity index (χ3n) is 4.70. The molecule has 3 rings (SSSR count). The summed E-state index contributed by atoms with van der Waals surface area (Å²) in [6, 6.07) is 14.3. The van der Waals surface area contributed by atoms with Crippen LogP contribution in [0.1, 0.15) is 29.3 Å². The lowest BCUT2D eigenvalue weighted by Gasteiger charge is -2.17. The van der Waals surface area contributed by atoms with Gasteiger partial charge in [0.25, 0.3) is 0 Å². The number of aryl methyl sites for hydroxylation is 1. The summed E-state index contributed by atoms with van der Waals surface area (Å²) in [5.74, 6) is -1.10. The van der Waals surface area contributed by atoms with Gasteiger partial charge in [-0.25, -0.2) is 4.79 Å². The molecule has 140 valence electrons. The monoisotopic (exact) mass is 366 g/mol. The van der Waals surface area contributed by atoms with Crippen molar-refractivity contribution in [2.24, 2.45) is 5.92 Å². The zero-order valence-corrected chi connectivity index (χ0v) is 15.4. The first kappa shape index (κ1) is 18.6. The smallest absolute Gasteiger partial charge is 0.337 e. The number of benzene rings is 2. The van der Waals surface area contributed by atoms with Crippen molar-refractivity contribution in [2.45, 2.75) is 19.8 Å². The van der Waals surface area contributed by atoms with E-state index in [4.69, 9.17) is 0 Å². The number of rotatable bonds is 5. The number of anilines is 2. The first-order valence-corrected chi connectivity index (χ1v) is 8.90. The molecule has 6 nitrogen and oxygen atoms in total. The van der Waals surface area contributed by atoms with E-state index in [1.807, 2.05) is 24.3 Å². The second kappa shape index (κ2) is 8.03. The van der Waals surface area contributed by atoms with Crippen LogP contribution in [0.2, 0.25) is 0 Å². The number of carbonyl (C=O) groups is 3. The molecule has 6 heteroatoms. The van der Waals surface area contributed by atoms with Crippen molar-refractivity contribution in [2.75, 3.05) is 23.9 Å². The van der Waals surface area contributed by atoms with Gasteiger partial charge in [-0.05, 0) is 48.4 Å². The molecule has 1 atom stereocenters. The van der Waals surface area contributed by atoms with E-state index >= 15 is 0 Å². The number of hydrogen-bond acceptors (Lipinski definition) is 4. The standard InChI is InChI=1S/C21H22N2O4/c1-3-14-5-4-6-18(11-14)23-13-16(12-19(23)24)20(25)22-17-9-7-15(8-10-17)21(26)27-2/h4-11,16H,3,12-13H2,1-2H3,(H,22,25)/t16-/m1/s1. The van der Waals surface area contributed by atoms with Gasteiger partial charge in [-0.15, -0.1) is 0 Å². The summed E-state index contributed by atoms with van der Waals surface area (Å²) >= 11 is 0. The van der Waals surface area contributed by atoms with Gasteiger partial charge in [0.15, 0.2) is 0 Å². The Kier molecular flexibility index (Phi) is 5.54. The van der Waals surface area contributed by atoms with Gasteiger partial charge in [-0.1, -0.05) is 19.1 Å². The highest BCUT2D eigenvalue weighted by Gasteiger charge is 2.35. The number of hydrogen-bond donors (Lipinski definition) is 1. The van der Waals surface area contributed by atoms with Gasteiger partial charge in [0, 0.05) is 24.3 Å². The topological polar surface area (TPSA) is 75.7 Å². The fourth-order valence-electron chi connectivity index (χ4n) is 3.13. The van der Waals surface area contributed by atoms with Crippen LogP contribution in [0.15, 0.2) is 48.5 Å². The molecule has 1 N–H and O–H groups in total. The lowest BCUT2D eigenvalue weighted by molar-refractivity contribution is -0.122. The molecule has 1 saturated heterocycles. The average Bonchev–Trinajstić information content (AvgIpc) is 3.10. The molecule has 0 bridgehead atoms. The van der Waals surface area contributed by atoms with Crippen LogP contribution in [0.25, 0.3) is 0 Å². The van der Waals surface area contributed by atoms with Gasteiger partial charge >= 0.3 is 5.97 Å². The lowest BCUT2D eigenvalue weighted by atomic mass is 10.1. The minimum atomic E-state index is -0.431. The van der Waals surface area contributed by atoms with E-state index in [0.29, 0.717) is 17.8 Å². The van der Waals surface area contributed by atoms with Gasteiger partial charge in [0.1, 0.15) is 0 Å². The van der Waals surface area contributed by atoms with Crippen LogP contribution in [0.4, 0.5) is 11.4 Å². The summed E-state index contributed by atoms with van der Waals surface area (Å²) in [5.41, 5.74) is 2.97. The van der Waals surface area contributed by atoms with Crippen molar-refractivity contribution in [3.8, 4) is 0 Å². The molecule has 0 radical (unpaired) electrons. The van der Waals surface area contributed by atoms with E-state index in [1.165, 1.54) is 7.11 Å². The number of nitrogens with one attached hydrogen (secondary N) is 1. The van der Waals surface area contributed by atoms with Crippen LogP contribution in [-0.2, 0) is 20.7 Å². The van der Waals surface area contributed by atoms with E-state index in [1.54, 1.807) is 29.2 Å². The number of amides is 2. The third kappa shape index (κ3) is 4.16. The maximum Gasteiger partial charge on any atom is 0.337 e. The Morgan fingerprint density at radius 1 is 1.19 bits per heavy atom. The minimum absolute atomic E-state index is 0.0514. The molecule has 2 amide bonds. The van der Waals surface area contributed by atoms with E-state index in [9.17, 15) is 14.4 Å². The second-order valence-corrected chi connectivity index (χ2v) is 6.49. The van der Waals surface area contributed by atoms with Crippen LogP contribution in [0.5, 0.6) is 0 Å². The van der Waals surface area contributed by atoms with Crippen molar-refractivity contribution < 1.29 is 19.1 Å². The van der Waals surface area contributed by atoms with E-state index in [-0.39, 0.29) is 18.2 Å². The molecule has 2 aromatic rings. The van der Waals surface area contributed by atoms with Crippen LogP contribution in [0.3, 0.4) is 0 Å². The van der Waals surface area contributed by atoms with Gasteiger partial charge in [-0.2, -0.15) is 0 Å². The normalized spacial score (nSPS) is 16.3. The van der Waals surface area contributed by atoms with E-state index < -0.39 is 11.9 Å². The van der Waals surface area contributed by atoms with Crippen molar-refractivity contribution in [1.82, 2.24) is 0 Å². The summed E-state index contributed by atoms with van der Waals surface area (Å²) in [6.45, 7) is 2.42. The summed E-state index contributed by atoms with van der Waals surface area (Å²) in [4.78, 5) is 38.1. The van der Waals surface area contributed by atoms with Crippen molar-refractivity contribution in [3.05, 3.63) is 59.7 Å². The fourth-order valence-corrected chi connectivity index (χ4v) is 3.13.